The third kappa shape index (κ3) is 4.91. The molecule has 0 fully saturated rings. The largest absolute Gasteiger partial charge is 0.325 e. The number of aromatic nitrogens is 2. The van der Waals surface area contributed by atoms with E-state index in [-0.39, 0.29) is 23.5 Å². The normalized spacial score (nSPS) is 15.1. The number of amidine groups is 1. The van der Waals surface area contributed by atoms with Crippen LogP contribution in [-0.2, 0) is 16.6 Å². The molecule has 4 rings (SSSR count). The Labute approximate surface area is 191 Å². The zero-order chi connectivity index (χ0) is 22.7. The van der Waals surface area contributed by atoms with Crippen LogP contribution in [0.3, 0.4) is 0 Å². The lowest BCUT2D eigenvalue weighted by atomic mass is 10.1. The number of carbonyl (C=O) groups excluding carboxylic acids is 2. The molecule has 1 aromatic heterocycles. The van der Waals surface area contributed by atoms with Gasteiger partial charge in [0.15, 0.2) is 5.17 Å². The molecule has 2 heterocycles. The van der Waals surface area contributed by atoms with Gasteiger partial charge in [-0.05, 0) is 23.4 Å². The van der Waals surface area contributed by atoms with Gasteiger partial charge >= 0.3 is 0 Å². The predicted molar refractivity (Wildman–Crippen MR) is 130 cm³/mol. The third-order valence-electron chi connectivity index (χ3n) is 4.88. The summed E-state index contributed by atoms with van der Waals surface area (Å²) in [6, 6.07) is 13.7. The maximum absolute atomic E-state index is 12.9. The van der Waals surface area contributed by atoms with Crippen LogP contribution in [0.4, 0.5) is 5.69 Å². The first kappa shape index (κ1) is 21.8. The molecule has 8 heteroatoms. The number of nitrogens with zero attached hydrogens (tertiary/aromatic N) is 4. The lowest BCUT2D eigenvalue weighted by Crippen LogP contribution is -2.34. The molecule has 2 amide bonds. The van der Waals surface area contributed by atoms with Gasteiger partial charge < -0.3 is 5.32 Å². The molecule has 0 bridgehead atoms. The van der Waals surface area contributed by atoms with Crippen molar-refractivity contribution in [1.29, 1.82) is 0 Å². The number of aryl methyl sites for hydroxylation is 1. The molecule has 1 aliphatic heterocycles. The summed E-state index contributed by atoms with van der Waals surface area (Å²) in [5.41, 5.74) is 1.94. The van der Waals surface area contributed by atoms with Gasteiger partial charge in [-0.25, -0.2) is 4.99 Å². The zero-order valence-electron chi connectivity index (χ0n) is 18.3. The lowest BCUT2D eigenvalue weighted by molar-refractivity contribution is -0.122. The average Bonchev–Trinajstić information content (AvgIpc) is 3.30. The quantitative estimate of drug-likeness (QED) is 0.576. The van der Waals surface area contributed by atoms with E-state index < -0.39 is 0 Å². The number of hydrogen-bond acceptors (Lipinski definition) is 5. The second-order valence-electron chi connectivity index (χ2n) is 8.04. The van der Waals surface area contributed by atoms with Crippen molar-refractivity contribution in [1.82, 2.24) is 14.7 Å². The van der Waals surface area contributed by atoms with Crippen LogP contribution >= 0.6 is 11.8 Å². The summed E-state index contributed by atoms with van der Waals surface area (Å²) in [4.78, 5) is 31.8. The molecule has 7 nitrogen and oxygen atoms in total. The van der Waals surface area contributed by atoms with E-state index in [4.69, 9.17) is 0 Å². The molecule has 0 spiro atoms. The van der Waals surface area contributed by atoms with Crippen molar-refractivity contribution < 1.29 is 9.59 Å². The molecule has 0 atom stereocenters. The Hall–Kier alpha value is -3.39. The van der Waals surface area contributed by atoms with Crippen molar-refractivity contribution in [2.24, 2.45) is 18.0 Å². The molecule has 0 unspecified atom stereocenters. The van der Waals surface area contributed by atoms with Crippen molar-refractivity contribution in [3.05, 3.63) is 66.1 Å². The Balaban J connectivity index is 1.49. The van der Waals surface area contributed by atoms with Gasteiger partial charge in [0, 0.05) is 36.4 Å². The van der Waals surface area contributed by atoms with Crippen LogP contribution in [0, 0.1) is 5.92 Å². The highest BCUT2D eigenvalue weighted by Crippen LogP contribution is 2.26. The van der Waals surface area contributed by atoms with Crippen LogP contribution in [-0.4, -0.2) is 44.0 Å². The van der Waals surface area contributed by atoms with Crippen molar-refractivity contribution in [3.8, 4) is 0 Å². The SMILES string of the molecule is CC(C)CN1C(=O)C(=Cc2cnn(C)c2)N=C1SCC(=O)Nc1cccc2ccccc12. The summed E-state index contributed by atoms with van der Waals surface area (Å²) in [6.07, 6.45) is 5.24. The molecule has 2 aromatic carbocycles. The van der Waals surface area contributed by atoms with E-state index >= 15 is 0 Å². The Morgan fingerprint density at radius 2 is 1.97 bits per heavy atom. The number of hydrogen-bond donors (Lipinski definition) is 1. The van der Waals surface area contributed by atoms with E-state index in [2.05, 4.69) is 15.4 Å². The fourth-order valence-electron chi connectivity index (χ4n) is 3.49. The van der Waals surface area contributed by atoms with E-state index in [1.807, 2.05) is 69.6 Å². The van der Waals surface area contributed by atoms with Crippen LogP contribution in [0.2, 0.25) is 0 Å². The maximum atomic E-state index is 12.9. The van der Waals surface area contributed by atoms with Crippen LogP contribution in [0.1, 0.15) is 19.4 Å². The lowest BCUT2D eigenvalue weighted by Gasteiger charge is -2.19. The summed E-state index contributed by atoms with van der Waals surface area (Å²) in [5.74, 6) is 0.131. The molecule has 3 aromatic rings. The highest BCUT2D eigenvalue weighted by Gasteiger charge is 2.31. The average molecular weight is 448 g/mol. The van der Waals surface area contributed by atoms with Gasteiger partial charge in [0.2, 0.25) is 5.91 Å². The first-order chi connectivity index (χ1) is 15.4. The topological polar surface area (TPSA) is 79.6 Å². The molecular weight excluding hydrogens is 422 g/mol. The third-order valence-corrected chi connectivity index (χ3v) is 5.86. The van der Waals surface area contributed by atoms with E-state index in [9.17, 15) is 9.59 Å². The summed E-state index contributed by atoms with van der Waals surface area (Å²) >= 11 is 1.27. The number of carbonyl (C=O) groups is 2. The summed E-state index contributed by atoms with van der Waals surface area (Å²) < 4.78 is 1.68. The monoisotopic (exact) mass is 447 g/mol. The molecule has 164 valence electrons. The second kappa shape index (κ2) is 9.40. The number of anilines is 1. The first-order valence-electron chi connectivity index (χ1n) is 10.4. The Bertz CT molecular complexity index is 1220. The van der Waals surface area contributed by atoms with E-state index in [1.165, 1.54) is 11.8 Å². The summed E-state index contributed by atoms with van der Waals surface area (Å²) in [7, 11) is 1.82. The number of fused-ring (bicyclic) bond motifs is 1. The predicted octanol–water partition coefficient (Wildman–Crippen LogP) is 4.14. The number of amides is 2. The molecule has 0 aliphatic carbocycles. The summed E-state index contributed by atoms with van der Waals surface area (Å²) in [6.45, 7) is 4.64. The number of aliphatic imine (C=N–C) groups is 1. The van der Waals surface area contributed by atoms with Crippen molar-refractivity contribution >= 4 is 51.3 Å². The fourth-order valence-corrected chi connectivity index (χ4v) is 4.30. The second-order valence-corrected chi connectivity index (χ2v) is 8.99. The highest BCUT2D eigenvalue weighted by atomic mass is 32.2. The minimum absolute atomic E-state index is 0.143. The van der Waals surface area contributed by atoms with E-state index in [1.54, 1.807) is 21.9 Å². The van der Waals surface area contributed by atoms with Gasteiger partial charge in [0.05, 0.1) is 11.9 Å². The highest BCUT2D eigenvalue weighted by molar-refractivity contribution is 8.14. The van der Waals surface area contributed by atoms with Gasteiger partial charge in [-0.3, -0.25) is 19.2 Å². The number of benzene rings is 2. The minimum atomic E-state index is -0.153. The smallest absolute Gasteiger partial charge is 0.278 e. The van der Waals surface area contributed by atoms with Crippen LogP contribution < -0.4 is 5.32 Å². The summed E-state index contributed by atoms with van der Waals surface area (Å²) in [5, 5.41) is 9.72. The van der Waals surface area contributed by atoms with Gasteiger partial charge in [-0.15, -0.1) is 0 Å². The number of nitrogens with one attached hydrogen (secondary N) is 1. The number of rotatable bonds is 6. The Morgan fingerprint density at radius 3 is 2.72 bits per heavy atom. The van der Waals surface area contributed by atoms with Gasteiger partial charge in [0.25, 0.3) is 5.91 Å². The van der Waals surface area contributed by atoms with Crippen LogP contribution in [0.5, 0.6) is 0 Å². The molecular formula is C24H25N5O2S. The molecule has 1 aliphatic rings. The zero-order valence-corrected chi connectivity index (χ0v) is 19.1. The molecule has 0 saturated heterocycles. The van der Waals surface area contributed by atoms with Crippen molar-refractivity contribution in [2.45, 2.75) is 13.8 Å². The van der Waals surface area contributed by atoms with Crippen LogP contribution in [0.15, 0.2) is 65.5 Å². The molecule has 0 saturated carbocycles. The van der Waals surface area contributed by atoms with Crippen LogP contribution in [0.25, 0.3) is 16.8 Å². The number of thioether (sulfide) groups is 1. The fraction of sp³-hybridized carbons (Fsp3) is 0.250. The molecule has 1 N–H and O–H groups in total. The van der Waals surface area contributed by atoms with Gasteiger partial charge in [-0.2, -0.15) is 5.10 Å². The Morgan fingerprint density at radius 1 is 1.19 bits per heavy atom. The maximum Gasteiger partial charge on any atom is 0.278 e. The minimum Gasteiger partial charge on any atom is -0.325 e. The van der Waals surface area contributed by atoms with Crippen molar-refractivity contribution in [2.75, 3.05) is 17.6 Å². The standard InChI is InChI=1S/C24H25N5O2S/c1-16(2)13-29-23(31)21(11-17-12-25-28(3)14-17)27-24(29)32-15-22(30)26-20-10-6-8-18-7-4-5-9-19(18)20/h4-12,14,16H,13,15H2,1-3H3,(H,26,30). The van der Waals surface area contributed by atoms with E-state index in [0.717, 1.165) is 22.0 Å². The molecule has 0 radical (unpaired) electrons. The molecule has 32 heavy (non-hydrogen) atoms. The van der Waals surface area contributed by atoms with Gasteiger partial charge in [0.1, 0.15) is 5.70 Å². The van der Waals surface area contributed by atoms with Crippen molar-refractivity contribution in [3.63, 3.8) is 0 Å². The van der Waals surface area contributed by atoms with Gasteiger partial charge in [-0.1, -0.05) is 62.0 Å². The first-order valence-corrected chi connectivity index (χ1v) is 11.4. The Kier molecular flexibility index (Phi) is 6.41. The van der Waals surface area contributed by atoms with E-state index in [0.29, 0.717) is 17.4 Å².